The van der Waals surface area contributed by atoms with Crippen molar-refractivity contribution in [1.29, 1.82) is 0 Å². The summed E-state index contributed by atoms with van der Waals surface area (Å²) in [4.78, 5) is 10.2. The molecule has 0 unspecified atom stereocenters. The fourth-order valence-electron chi connectivity index (χ4n) is 5.04. The first-order valence-electron chi connectivity index (χ1n) is 20.6. The predicted molar refractivity (Wildman–Crippen MR) is 216 cm³/mol. The fourth-order valence-corrected chi connectivity index (χ4v) is 5.04. The second-order valence-electron chi connectivity index (χ2n) is 12.7. The Kier molecular flexibility index (Phi) is 33.9. The van der Waals surface area contributed by atoms with Gasteiger partial charge in [-0.05, 0) is 42.7 Å². The van der Waals surface area contributed by atoms with E-state index in [9.17, 15) is 10.1 Å². The van der Waals surface area contributed by atoms with E-state index in [1.54, 1.807) is 12.1 Å². The molecule has 0 heterocycles. The van der Waals surface area contributed by atoms with Crippen LogP contribution in [0.4, 0.5) is 5.69 Å². The minimum Gasteiger partial charge on any atom is -0.491 e. The largest absolute Gasteiger partial charge is 0.491 e. The van der Waals surface area contributed by atoms with E-state index in [0.717, 1.165) is 12.2 Å². The van der Waals surface area contributed by atoms with Gasteiger partial charge in [0.25, 0.3) is 5.69 Å². The molecule has 0 saturated heterocycles. The first kappa shape index (κ1) is 50.2. The lowest BCUT2D eigenvalue weighted by atomic mass is 10.0. The number of unbranched alkanes of at least 4 members (excludes halogenated alkanes) is 5. The smallest absolute Gasteiger partial charge is 0.269 e. The first-order valence-corrected chi connectivity index (χ1v) is 20.6. The van der Waals surface area contributed by atoms with E-state index < -0.39 is 4.92 Å². The summed E-state index contributed by atoms with van der Waals surface area (Å²) >= 11 is 0. The van der Waals surface area contributed by atoms with Gasteiger partial charge in [0.2, 0.25) is 0 Å². The summed E-state index contributed by atoms with van der Waals surface area (Å²) in [6.07, 6.45) is 9.05. The Bertz CT molecular complexity index is 1160. The highest BCUT2D eigenvalue weighted by Gasteiger charge is 2.04. The van der Waals surface area contributed by atoms with Crippen molar-refractivity contribution in [1.82, 2.24) is 0 Å². The maximum atomic E-state index is 10.7. The SMILES string of the molecule is CCCCCCCCc1ccc(OCCOCCOCCOCCOCCOCCOCCOCCOCCOCCOCCOc2ccc([N+](=O)[O-])cc2)cc1. The molecule has 2 aromatic carbocycles. The summed E-state index contributed by atoms with van der Waals surface area (Å²) in [5, 5.41) is 10.7. The zero-order valence-corrected chi connectivity index (χ0v) is 34.3. The average Bonchev–Trinajstić information content (AvgIpc) is 3.23. The molecule has 326 valence electrons. The normalized spacial score (nSPS) is 11.3. The minimum absolute atomic E-state index is 0.0256. The van der Waals surface area contributed by atoms with Gasteiger partial charge in [-0.1, -0.05) is 51.2 Å². The molecule has 0 bridgehead atoms. The van der Waals surface area contributed by atoms with E-state index in [0.29, 0.717) is 151 Å². The number of benzene rings is 2. The van der Waals surface area contributed by atoms with Gasteiger partial charge in [0.1, 0.15) is 24.7 Å². The lowest BCUT2D eigenvalue weighted by molar-refractivity contribution is -0.384. The number of hydrogen-bond acceptors (Lipinski definition) is 14. The van der Waals surface area contributed by atoms with Crippen LogP contribution >= 0.6 is 0 Å². The summed E-state index contributed by atoms with van der Waals surface area (Å²) in [5.41, 5.74) is 1.40. The Balaban J connectivity index is 1.17. The molecule has 0 fully saturated rings. The molecular weight excluding hydrogens is 742 g/mol. The van der Waals surface area contributed by atoms with E-state index in [-0.39, 0.29) is 5.69 Å². The van der Waals surface area contributed by atoms with Crippen molar-refractivity contribution < 1.29 is 61.8 Å². The van der Waals surface area contributed by atoms with Crippen molar-refractivity contribution in [2.75, 3.05) is 145 Å². The van der Waals surface area contributed by atoms with Gasteiger partial charge >= 0.3 is 0 Å². The number of rotatable bonds is 43. The van der Waals surface area contributed by atoms with Crippen LogP contribution in [0.2, 0.25) is 0 Å². The molecule has 0 spiro atoms. The highest BCUT2D eigenvalue weighted by atomic mass is 16.6. The molecule has 0 radical (unpaired) electrons. The lowest BCUT2D eigenvalue weighted by Crippen LogP contribution is -2.15. The Morgan fingerprint density at radius 1 is 0.386 bits per heavy atom. The van der Waals surface area contributed by atoms with Crippen LogP contribution in [0.5, 0.6) is 11.5 Å². The minimum atomic E-state index is -0.450. The van der Waals surface area contributed by atoms with Gasteiger partial charge in [-0.25, -0.2) is 0 Å². The maximum absolute atomic E-state index is 10.7. The van der Waals surface area contributed by atoms with Crippen LogP contribution in [0.25, 0.3) is 0 Å². The second kappa shape index (κ2) is 38.6. The van der Waals surface area contributed by atoms with Gasteiger partial charge in [-0.3, -0.25) is 10.1 Å². The molecule has 0 aliphatic carbocycles. The predicted octanol–water partition coefficient (Wildman–Crippen LogP) is 6.12. The standard InChI is InChI=1S/C42H69NO14/c1-2-3-4-5-6-7-8-39-9-13-41(14-10-39)56-37-35-54-33-31-52-29-27-50-25-23-48-21-19-46-17-18-47-20-22-49-24-26-51-28-30-53-32-34-55-36-38-57-42-15-11-40(12-16-42)43(44)45/h9-16H,2-8,17-38H2,1H3. The number of nitro groups is 1. The Hall–Kier alpha value is -2.96. The summed E-state index contributed by atoms with van der Waals surface area (Å²) in [7, 11) is 0. The van der Waals surface area contributed by atoms with Crippen LogP contribution in [0, 0.1) is 10.1 Å². The van der Waals surface area contributed by atoms with E-state index in [2.05, 4.69) is 19.1 Å². The Morgan fingerprint density at radius 2 is 0.667 bits per heavy atom. The lowest BCUT2D eigenvalue weighted by Gasteiger charge is -2.09. The van der Waals surface area contributed by atoms with Crippen molar-refractivity contribution in [3.05, 3.63) is 64.2 Å². The Morgan fingerprint density at radius 3 is 0.982 bits per heavy atom. The zero-order valence-electron chi connectivity index (χ0n) is 34.3. The third kappa shape index (κ3) is 31.7. The van der Waals surface area contributed by atoms with Gasteiger partial charge in [-0.15, -0.1) is 0 Å². The van der Waals surface area contributed by atoms with Gasteiger partial charge in [0.15, 0.2) is 0 Å². The number of aryl methyl sites for hydroxylation is 1. The summed E-state index contributed by atoms with van der Waals surface area (Å²) in [5.74, 6) is 1.43. The van der Waals surface area contributed by atoms with Crippen LogP contribution in [0.3, 0.4) is 0 Å². The molecule has 57 heavy (non-hydrogen) atoms. The maximum Gasteiger partial charge on any atom is 0.269 e. The highest BCUT2D eigenvalue weighted by molar-refractivity contribution is 5.36. The second-order valence-corrected chi connectivity index (χ2v) is 12.7. The highest BCUT2D eigenvalue weighted by Crippen LogP contribution is 2.17. The van der Waals surface area contributed by atoms with Crippen LogP contribution in [0.15, 0.2) is 48.5 Å². The quantitative estimate of drug-likeness (QED) is 0.0429. The molecule has 2 rings (SSSR count). The fraction of sp³-hybridized carbons (Fsp3) is 0.714. The number of nitro benzene ring substituents is 1. The first-order chi connectivity index (χ1) is 28.2. The molecule has 0 atom stereocenters. The van der Waals surface area contributed by atoms with E-state index in [1.165, 1.54) is 56.2 Å². The summed E-state index contributed by atoms with van der Waals surface area (Å²) in [6, 6.07) is 14.3. The number of non-ortho nitro benzene ring substituents is 1. The molecule has 0 aromatic heterocycles. The molecule has 15 nitrogen and oxygen atoms in total. The van der Waals surface area contributed by atoms with Gasteiger partial charge in [-0.2, -0.15) is 0 Å². The van der Waals surface area contributed by atoms with Crippen LogP contribution < -0.4 is 9.47 Å². The molecule has 0 N–H and O–H groups in total. The molecule has 0 aliphatic rings. The Labute approximate surface area is 339 Å². The van der Waals surface area contributed by atoms with Crippen molar-refractivity contribution in [2.45, 2.75) is 51.9 Å². The monoisotopic (exact) mass is 811 g/mol. The van der Waals surface area contributed by atoms with E-state index in [4.69, 9.17) is 56.8 Å². The third-order valence-electron chi connectivity index (χ3n) is 8.13. The average molecular weight is 812 g/mol. The van der Waals surface area contributed by atoms with Crippen molar-refractivity contribution in [3.8, 4) is 11.5 Å². The van der Waals surface area contributed by atoms with E-state index in [1.807, 2.05) is 12.1 Å². The topological polar surface area (TPSA) is 154 Å². The summed E-state index contributed by atoms with van der Waals surface area (Å²) in [6.45, 7) is 12.8. The molecule has 15 heteroatoms. The zero-order chi connectivity index (χ0) is 40.5. The van der Waals surface area contributed by atoms with E-state index >= 15 is 0 Å². The van der Waals surface area contributed by atoms with Crippen molar-refractivity contribution in [2.24, 2.45) is 0 Å². The molecular formula is C42H69NO14. The van der Waals surface area contributed by atoms with Gasteiger partial charge < -0.3 is 56.8 Å². The number of hydrogen-bond donors (Lipinski definition) is 0. The third-order valence-corrected chi connectivity index (χ3v) is 8.13. The molecule has 2 aromatic rings. The van der Waals surface area contributed by atoms with Crippen molar-refractivity contribution in [3.63, 3.8) is 0 Å². The van der Waals surface area contributed by atoms with Crippen LogP contribution in [-0.2, 0) is 53.8 Å². The van der Waals surface area contributed by atoms with Gasteiger partial charge in [0, 0.05) is 12.1 Å². The van der Waals surface area contributed by atoms with Crippen molar-refractivity contribution >= 4 is 5.69 Å². The van der Waals surface area contributed by atoms with Gasteiger partial charge in [0.05, 0.1) is 137 Å². The van der Waals surface area contributed by atoms with Crippen LogP contribution in [-0.4, -0.2) is 150 Å². The van der Waals surface area contributed by atoms with Crippen LogP contribution in [0.1, 0.15) is 51.0 Å². The summed E-state index contributed by atoms with van der Waals surface area (Å²) < 4.78 is 66.3. The number of ether oxygens (including phenoxy) is 12. The number of nitrogens with zero attached hydrogens (tertiary/aromatic N) is 1. The molecule has 0 saturated carbocycles. The molecule has 0 amide bonds. The molecule has 0 aliphatic heterocycles.